The molecule has 1 amide bonds. The highest BCUT2D eigenvalue weighted by atomic mass is 79.9. The fourth-order valence-electron chi connectivity index (χ4n) is 3.23. The predicted octanol–water partition coefficient (Wildman–Crippen LogP) is 3.18. The molecule has 1 aliphatic heterocycles. The Balaban J connectivity index is 1.71. The minimum Gasteiger partial charge on any atom is -0.481 e. The van der Waals surface area contributed by atoms with Crippen LogP contribution in [0, 0.1) is 17.8 Å². The summed E-state index contributed by atoms with van der Waals surface area (Å²) in [5.74, 6) is -0.631. The first-order valence-electron chi connectivity index (χ1n) is 7.24. The maximum Gasteiger partial charge on any atom is 0.308 e. The molecule has 0 spiro atoms. The van der Waals surface area contributed by atoms with Crippen molar-refractivity contribution < 1.29 is 14.7 Å². The first-order valence-corrected chi connectivity index (χ1v) is 8.85. The van der Waals surface area contributed by atoms with E-state index in [-0.39, 0.29) is 23.7 Å². The third-order valence-corrected chi connectivity index (χ3v) is 6.42. The summed E-state index contributed by atoms with van der Waals surface area (Å²) in [5.41, 5.74) is 0. The van der Waals surface area contributed by atoms with Crippen molar-refractivity contribution in [2.24, 2.45) is 17.8 Å². The summed E-state index contributed by atoms with van der Waals surface area (Å²) in [6, 6.07) is 3.90. The van der Waals surface area contributed by atoms with E-state index in [1.807, 2.05) is 19.1 Å². The second-order valence-electron chi connectivity index (χ2n) is 6.05. The molecule has 1 aromatic heterocycles. The molecule has 1 unspecified atom stereocenters. The SMILES string of the molecule is CC(C(=O)N1C[C@H](C(=O)O)[C@@H](C2CC2)C1)c1ccc(Br)s1. The molecule has 3 atom stereocenters. The Labute approximate surface area is 136 Å². The van der Waals surface area contributed by atoms with Crippen molar-refractivity contribution in [2.45, 2.75) is 25.7 Å². The number of nitrogens with zero attached hydrogens (tertiary/aromatic N) is 1. The van der Waals surface area contributed by atoms with E-state index >= 15 is 0 Å². The van der Waals surface area contributed by atoms with Crippen molar-refractivity contribution in [3.8, 4) is 0 Å². The number of hydrogen-bond acceptors (Lipinski definition) is 3. The summed E-state index contributed by atoms with van der Waals surface area (Å²) < 4.78 is 1.01. The summed E-state index contributed by atoms with van der Waals surface area (Å²) in [6.45, 7) is 2.88. The fraction of sp³-hybridized carbons (Fsp3) is 0.600. The van der Waals surface area contributed by atoms with Crippen LogP contribution in [0.1, 0.15) is 30.6 Å². The molecular weight excluding hydrogens is 354 g/mol. The van der Waals surface area contributed by atoms with Crippen LogP contribution in [-0.4, -0.2) is 35.0 Å². The standard InChI is InChI=1S/C15H18BrNO3S/c1-8(12-4-5-13(16)21-12)14(18)17-6-10(9-2-3-9)11(7-17)15(19)20/h4-5,8-11H,2-3,6-7H2,1H3,(H,19,20)/t8?,10-,11+/m1/s1. The maximum absolute atomic E-state index is 12.6. The highest BCUT2D eigenvalue weighted by Crippen LogP contribution is 2.44. The second-order valence-corrected chi connectivity index (χ2v) is 8.55. The zero-order chi connectivity index (χ0) is 15.1. The monoisotopic (exact) mass is 371 g/mol. The van der Waals surface area contributed by atoms with E-state index in [4.69, 9.17) is 0 Å². The lowest BCUT2D eigenvalue weighted by Crippen LogP contribution is -2.33. The van der Waals surface area contributed by atoms with Crippen molar-refractivity contribution in [3.63, 3.8) is 0 Å². The lowest BCUT2D eigenvalue weighted by atomic mass is 9.92. The molecule has 4 nitrogen and oxygen atoms in total. The van der Waals surface area contributed by atoms with Gasteiger partial charge in [0.1, 0.15) is 0 Å². The van der Waals surface area contributed by atoms with E-state index in [1.54, 1.807) is 16.2 Å². The van der Waals surface area contributed by atoms with Gasteiger partial charge in [-0.05, 0) is 59.7 Å². The highest BCUT2D eigenvalue weighted by Gasteiger charge is 2.47. The zero-order valence-electron chi connectivity index (χ0n) is 11.8. The van der Waals surface area contributed by atoms with Gasteiger partial charge in [0.05, 0.1) is 15.6 Å². The van der Waals surface area contributed by atoms with Crippen molar-refractivity contribution in [1.29, 1.82) is 0 Å². The van der Waals surface area contributed by atoms with Crippen LogP contribution in [0.4, 0.5) is 0 Å². The number of halogens is 1. The number of carboxylic acid groups (broad SMARTS) is 1. The number of likely N-dealkylation sites (tertiary alicyclic amines) is 1. The summed E-state index contributed by atoms with van der Waals surface area (Å²) in [6.07, 6.45) is 2.23. The molecule has 6 heteroatoms. The first kappa shape index (κ1) is 15.0. The van der Waals surface area contributed by atoms with Crippen LogP contribution < -0.4 is 0 Å². The molecule has 1 saturated heterocycles. The van der Waals surface area contributed by atoms with Gasteiger partial charge in [0.2, 0.25) is 5.91 Å². The Morgan fingerprint density at radius 1 is 1.38 bits per heavy atom. The van der Waals surface area contributed by atoms with Crippen LogP contribution >= 0.6 is 27.3 Å². The molecule has 3 rings (SSSR count). The Morgan fingerprint density at radius 3 is 2.62 bits per heavy atom. The van der Waals surface area contributed by atoms with Crippen molar-refractivity contribution in [1.82, 2.24) is 4.90 Å². The largest absolute Gasteiger partial charge is 0.481 e. The molecule has 0 aromatic carbocycles. The van der Waals surface area contributed by atoms with Gasteiger partial charge in [-0.25, -0.2) is 0 Å². The van der Waals surface area contributed by atoms with Crippen molar-refractivity contribution >= 4 is 39.1 Å². The average molecular weight is 372 g/mol. The lowest BCUT2D eigenvalue weighted by Gasteiger charge is -2.20. The van der Waals surface area contributed by atoms with Crippen LogP contribution in [0.25, 0.3) is 0 Å². The van der Waals surface area contributed by atoms with E-state index < -0.39 is 5.97 Å². The normalized spacial score (nSPS) is 26.9. The summed E-state index contributed by atoms with van der Waals surface area (Å²) >= 11 is 4.98. The molecule has 2 fully saturated rings. The first-order chi connectivity index (χ1) is 9.97. The summed E-state index contributed by atoms with van der Waals surface area (Å²) in [5, 5.41) is 9.38. The van der Waals surface area contributed by atoms with Crippen LogP contribution in [0.15, 0.2) is 15.9 Å². The van der Waals surface area contributed by atoms with Crippen LogP contribution in [0.3, 0.4) is 0 Å². The third kappa shape index (κ3) is 3.01. The molecule has 114 valence electrons. The predicted molar refractivity (Wildman–Crippen MR) is 84.4 cm³/mol. The Hall–Kier alpha value is -0.880. The fourth-order valence-corrected chi connectivity index (χ4v) is 4.70. The number of aliphatic carboxylic acids is 1. The maximum atomic E-state index is 12.6. The van der Waals surface area contributed by atoms with Gasteiger partial charge in [-0.1, -0.05) is 0 Å². The quantitative estimate of drug-likeness (QED) is 0.883. The summed E-state index contributed by atoms with van der Waals surface area (Å²) in [7, 11) is 0. The Morgan fingerprint density at radius 2 is 2.10 bits per heavy atom. The molecule has 0 bridgehead atoms. The van der Waals surface area contributed by atoms with Crippen LogP contribution in [0.2, 0.25) is 0 Å². The van der Waals surface area contributed by atoms with Gasteiger partial charge >= 0.3 is 5.97 Å². The smallest absolute Gasteiger partial charge is 0.308 e. The molecule has 1 N–H and O–H groups in total. The second kappa shape index (κ2) is 5.72. The Bertz CT molecular complexity index is 569. The molecule has 1 aromatic rings. The number of rotatable bonds is 4. The average Bonchev–Trinajstić information content (AvgIpc) is 3.04. The molecule has 2 heterocycles. The van der Waals surface area contributed by atoms with Gasteiger partial charge in [0.25, 0.3) is 0 Å². The minimum atomic E-state index is -0.756. The van der Waals surface area contributed by atoms with Gasteiger partial charge in [-0.3, -0.25) is 9.59 Å². The van der Waals surface area contributed by atoms with E-state index in [0.29, 0.717) is 19.0 Å². The number of amides is 1. The van der Waals surface area contributed by atoms with E-state index in [1.165, 1.54) is 0 Å². The van der Waals surface area contributed by atoms with E-state index in [2.05, 4.69) is 15.9 Å². The van der Waals surface area contributed by atoms with Crippen molar-refractivity contribution in [3.05, 3.63) is 20.8 Å². The zero-order valence-corrected chi connectivity index (χ0v) is 14.2. The van der Waals surface area contributed by atoms with Gasteiger partial charge in [-0.15, -0.1) is 11.3 Å². The van der Waals surface area contributed by atoms with Gasteiger partial charge in [-0.2, -0.15) is 0 Å². The van der Waals surface area contributed by atoms with E-state index in [0.717, 1.165) is 21.5 Å². The van der Waals surface area contributed by atoms with Gasteiger partial charge in [0, 0.05) is 18.0 Å². The van der Waals surface area contributed by atoms with Gasteiger partial charge < -0.3 is 10.0 Å². The molecule has 2 aliphatic rings. The topological polar surface area (TPSA) is 57.6 Å². The number of carbonyl (C=O) groups is 2. The molecule has 1 saturated carbocycles. The summed E-state index contributed by atoms with van der Waals surface area (Å²) in [4.78, 5) is 26.8. The molecular formula is C15H18BrNO3S. The number of hydrogen-bond donors (Lipinski definition) is 1. The third-order valence-electron chi connectivity index (χ3n) is 4.61. The number of carboxylic acids is 1. The van der Waals surface area contributed by atoms with Gasteiger partial charge in [0.15, 0.2) is 0 Å². The Kier molecular flexibility index (Phi) is 4.10. The highest BCUT2D eigenvalue weighted by molar-refractivity contribution is 9.11. The van der Waals surface area contributed by atoms with E-state index in [9.17, 15) is 14.7 Å². The number of carbonyl (C=O) groups excluding carboxylic acids is 1. The van der Waals surface area contributed by atoms with Crippen LogP contribution in [-0.2, 0) is 9.59 Å². The van der Waals surface area contributed by atoms with Crippen LogP contribution in [0.5, 0.6) is 0 Å². The minimum absolute atomic E-state index is 0.0544. The molecule has 0 radical (unpaired) electrons. The molecule has 1 aliphatic carbocycles. The molecule has 21 heavy (non-hydrogen) atoms. The lowest BCUT2D eigenvalue weighted by molar-refractivity contribution is -0.142. The number of thiophene rings is 1. The van der Waals surface area contributed by atoms with Crippen molar-refractivity contribution in [2.75, 3.05) is 13.1 Å².